The summed E-state index contributed by atoms with van der Waals surface area (Å²) in [7, 11) is 0. The molecule has 1 atom stereocenters. The molecule has 0 amide bonds. The maximum absolute atomic E-state index is 9.31. The van der Waals surface area contributed by atoms with Crippen molar-refractivity contribution >= 4 is 11.8 Å². The summed E-state index contributed by atoms with van der Waals surface area (Å²) >= 11 is 1.71. The number of thioether (sulfide) groups is 1. The van der Waals surface area contributed by atoms with Crippen LogP contribution in [0.15, 0.2) is 53.4 Å². The molecule has 102 valence electrons. The molecule has 1 N–H and O–H groups in total. The monoisotopic (exact) mass is 282 g/mol. The molecule has 0 bridgehead atoms. The molecule has 0 spiro atoms. The maximum Gasteiger partial charge on any atom is 0.121 e. The second-order valence-corrected chi connectivity index (χ2v) is 5.58. The molecule has 0 radical (unpaired) electrons. The maximum atomic E-state index is 9.31. The van der Waals surface area contributed by atoms with Gasteiger partial charge in [-0.25, -0.2) is 0 Å². The van der Waals surface area contributed by atoms with E-state index in [4.69, 9.17) is 0 Å². The van der Waals surface area contributed by atoms with E-state index in [1.54, 1.807) is 11.8 Å². The molecule has 1 unspecified atom stereocenters. The van der Waals surface area contributed by atoms with E-state index >= 15 is 0 Å². The standard InChI is InChI=1S/C17H18N2S/c1-13-3-5-14(6-4-13)12-19-17(11-18)15-7-9-16(20-2)10-8-15/h3-10,17,19H,12H2,1-2H3. The van der Waals surface area contributed by atoms with Crippen LogP contribution in [0.1, 0.15) is 22.7 Å². The summed E-state index contributed by atoms with van der Waals surface area (Å²) in [4.78, 5) is 1.21. The molecule has 0 aliphatic heterocycles. The van der Waals surface area contributed by atoms with Gasteiger partial charge in [0.15, 0.2) is 0 Å². The van der Waals surface area contributed by atoms with Crippen LogP contribution < -0.4 is 5.32 Å². The highest BCUT2D eigenvalue weighted by Crippen LogP contribution is 2.19. The van der Waals surface area contributed by atoms with Crippen LogP contribution in [0.4, 0.5) is 0 Å². The third-order valence-electron chi connectivity index (χ3n) is 3.21. The summed E-state index contributed by atoms with van der Waals surface area (Å²) in [6.45, 7) is 2.77. The van der Waals surface area contributed by atoms with E-state index in [0.717, 1.165) is 5.56 Å². The number of nitrogens with one attached hydrogen (secondary N) is 1. The van der Waals surface area contributed by atoms with Gasteiger partial charge in [0.05, 0.1) is 6.07 Å². The number of aryl methyl sites for hydroxylation is 1. The van der Waals surface area contributed by atoms with Crippen LogP contribution in [0.25, 0.3) is 0 Å². The van der Waals surface area contributed by atoms with Crippen molar-refractivity contribution in [3.05, 3.63) is 65.2 Å². The quantitative estimate of drug-likeness (QED) is 0.840. The van der Waals surface area contributed by atoms with Gasteiger partial charge in [-0.2, -0.15) is 5.26 Å². The van der Waals surface area contributed by atoms with Crippen LogP contribution in [0, 0.1) is 18.3 Å². The third kappa shape index (κ3) is 3.86. The van der Waals surface area contributed by atoms with E-state index < -0.39 is 0 Å². The van der Waals surface area contributed by atoms with Gasteiger partial charge in [0, 0.05) is 11.4 Å². The Morgan fingerprint density at radius 2 is 1.75 bits per heavy atom. The highest BCUT2D eigenvalue weighted by molar-refractivity contribution is 7.98. The third-order valence-corrected chi connectivity index (χ3v) is 3.95. The molecule has 0 saturated carbocycles. The van der Waals surface area contributed by atoms with E-state index in [1.807, 2.05) is 18.4 Å². The normalized spacial score (nSPS) is 11.8. The zero-order valence-electron chi connectivity index (χ0n) is 11.8. The first kappa shape index (κ1) is 14.6. The van der Waals surface area contributed by atoms with Gasteiger partial charge in [0.25, 0.3) is 0 Å². The van der Waals surface area contributed by atoms with Crippen LogP contribution in [0.3, 0.4) is 0 Å². The second-order valence-electron chi connectivity index (χ2n) is 4.70. The predicted octanol–water partition coefficient (Wildman–Crippen LogP) is 4.07. The second kappa shape index (κ2) is 7.14. The van der Waals surface area contributed by atoms with Gasteiger partial charge in [-0.1, -0.05) is 42.0 Å². The summed E-state index contributed by atoms with van der Waals surface area (Å²) in [5.41, 5.74) is 3.45. The van der Waals surface area contributed by atoms with Crippen molar-refractivity contribution in [2.24, 2.45) is 0 Å². The van der Waals surface area contributed by atoms with Crippen LogP contribution in [-0.4, -0.2) is 6.26 Å². The zero-order chi connectivity index (χ0) is 14.4. The van der Waals surface area contributed by atoms with Gasteiger partial charge in [0.1, 0.15) is 6.04 Å². The lowest BCUT2D eigenvalue weighted by atomic mass is 10.1. The smallest absolute Gasteiger partial charge is 0.121 e. The Morgan fingerprint density at radius 1 is 1.10 bits per heavy atom. The molecule has 20 heavy (non-hydrogen) atoms. The van der Waals surface area contributed by atoms with E-state index in [0.29, 0.717) is 6.54 Å². The van der Waals surface area contributed by atoms with Crippen LogP contribution in [0.5, 0.6) is 0 Å². The van der Waals surface area contributed by atoms with Crippen molar-refractivity contribution in [1.82, 2.24) is 5.32 Å². The van der Waals surface area contributed by atoms with Gasteiger partial charge in [-0.15, -0.1) is 11.8 Å². The Kier molecular flexibility index (Phi) is 5.23. The summed E-state index contributed by atoms with van der Waals surface area (Å²) in [5, 5.41) is 12.6. The van der Waals surface area contributed by atoms with Gasteiger partial charge in [0.2, 0.25) is 0 Å². The average molecular weight is 282 g/mol. The molecule has 2 nitrogen and oxygen atoms in total. The molecule has 2 aromatic rings. The van der Waals surface area contributed by atoms with Crippen molar-refractivity contribution in [3.63, 3.8) is 0 Å². The summed E-state index contributed by atoms with van der Waals surface area (Å²) < 4.78 is 0. The molecular formula is C17H18N2S. The number of benzene rings is 2. The van der Waals surface area contributed by atoms with Crippen molar-refractivity contribution in [2.75, 3.05) is 6.26 Å². The molecule has 0 aliphatic carbocycles. The lowest BCUT2D eigenvalue weighted by Crippen LogP contribution is -2.19. The molecule has 2 aromatic carbocycles. The van der Waals surface area contributed by atoms with Crippen molar-refractivity contribution in [2.45, 2.75) is 24.4 Å². The lowest BCUT2D eigenvalue weighted by molar-refractivity contribution is 0.630. The molecule has 3 heteroatoms. The van der Waals surface area contributed by atoms with E-state index in [-0.39, 0.29) is 6.04 Å². The van der Waals surface area contributed by atoms with Gasteiger partial charge in [-0.05, 0) is 36.4 Å². The number of hydrogen-bond acceptors (Lipinski definition) is 3. The molecule has 0 saturated heterocycles. The van der Waals surface area contributed by atoms with Crippen LogP contribution >= 0.6 is 11.8 Å². The Balaban J connectivity index is 2.01. The summed E-state index contributed by atoms with van der Waals surface area (Å²) in [6, 6.07) is 18.5. The van der Waals surface area contributed by atoms with Gasteiger partial charge >= 0.3 is 0 Å². The van der Waals surface area contributed by atoms with E-state index in [2.05, 4.69) is 54.7 Å². The van der Waals surface area contributed by atoms with Crippen molar-refractivity contribution < 1.29 is 0 Å². The highest BCUT2D eigenvalue weighted by Gasteiger charge is 2.09. The minimum Gasteiger partial charge on any atom is -0.294 e. The predicted molar refractivity (Wildman–Crippen MR) is 84.6 cm³/mol. The fraction of sp³-hybridized carbons (Fsp3) is 0.235. The first-order chi connectivity index (χ1) is 9.72. The molecule has 0 aliphatic rings. The Bertz CT molecular complexity index is 582. The fourth-order valence-electron chi connectivity index (χ4n) is 1.96. The largest absolute Gasteiger partial charge is 0.294 e. The van der Waals surface area contributed by atoms with Crippen molar-refractivity contribution in [1.29, 1.82) is 5.26 Å². The first-order valence-corrected chi connectivity index (χ1v) is 7.78. The molecule has 0 aromatic heterocycles. The SMILES string of the molecule is CSc1ccc(C(C#N)NCc2ccc(C)cc2)cc1. The Hall–Kier alpha value is -1.76. The fourth-order valence-corrected chi connectivity index (χ4v) is 2.37. The zero-order valence-corrected chi connectivity index (χ0v) is 12.6. The van der Waals surface area contributed by atoms with E-state index in [1.165, 1.54) is 16.0 Å². The molecular weight excluding hydrogens is 264 g/mol. The number of hydrogen-bond donors (Lipinski definition) is 1. The van der Waals surface area contributed by atoms with Crippen LogP contribution in [-0.2, 0) is 6.54 Å². The number of nitriles is 1. The molecule has 0 fully saturated rings. The lowest BCUT2D eigenvalue weighted by Gasteiger charge is -2.12. The Labute approximate surface area is 124 Å². The average Bonchev–Trinajstić information content (AvgIpc) is 2.50. The van der Waals surface area contributed by atoms with Gasteiger partial charge < -0.3 is 0 Å². The highest BCUT2D eigenvalue weighted by atomic mass is 32.2. The summed E-state index contributed by atoms with van der Waals surface area (Å²) in [6.07, 6.45) is 2.05. The minimum absolute atomic E-state index is 0.271. The summed E-state index contributed by atoms with van der Waals surface area (Å²) in [5.74, 6) is 0. The van der Waals surface area contributed by atoms with Crippen LogP contribution in [0.2, 0.25) is 0 Å². The molecule has 0 heterocycles. The minimum atomic E-state index is -0.271. The topological polar surface area (TPSA) is 35.8 Å². The van der Waals surface area contributed by atoms with Gasteiger partial charge in [-0.3, -0.25) is 5.32 Å². The number of nitrogens with zero attached hydrogens (tertiary/aromatic N) is 1. The van der Waals surface area contributed by atoms with E-state index in [9.17, 15) is 5.26 Å². The van der Waals surface area contributed by atoms with Crippen molar-refractivity contribution in [3.8, 4) is 6.07 Å². The first-order valence-electron chi connectivity index (χ1n) is 6.55. The Morgan fingerprint density at radius 3 is 2.30 bits per heavy atom. The number of rotatable bonds is 5. The molecule has 2 rings (SSSR count).